The van der Waals surface area contributed by atoms with Crippen LogP contribution in [0.5, 0.6) is 0 Å². The average molecular weight is 691 g/mol. The molecule has 0 radical (unpaired) electrons. The van der Waals surface area contributed by atoms with E-state index in [0.717, 1.165) is 44.7 Å². The van der Waals surface area contributed by atoms with Gasteiger partial charge in [0.05, 0.1) is 11.2 Å². The number of hydrogen-bond acceptors (Lipinski definition) is 3. The van der Waals surface area contributed by atoms with E-state index in [0.29, 0.717) is 0 Å². The van der Waals surface area contributed by atoms with Crippen molar-refractivity contribution in [2.24, 2.45) is 0 Å². The largest absolute Gasteiger partial charge is 0.228 e. The molecule has 0 saturated heterocycles. The highest BCUT2D eigenvalue weighted by Crippen LogP contribution is 2.48. The fourth-order valence-electron chi connectivity index (χ4n) is 8.22. The summed E-state index contributed by atoms with van der Waals surface area (Å²) in [7, 11) is 0. The van der Waals surface area contributed by atoms with E-state index in [9.17, 15) is 0 Å². The predicted molar refractivity (Wildman–Crippen MR) is 227 cm³/mol. The van der Waals surface area contributed by atoms with E-state index in [2.05, 4.69) is 170 Å². The topological polar surface area (TPSA) is 25.8 Å². The summed E-state index contributed by atoms with van der Waals surface area (Å²) in [5.74, 6) is 0.723. The van der Waals surface area contributed by atoms with Gasteiger partial charge in [0.15, 0.2) is 5.82 Å². The van der Waals surface area contributed by atoms with Crippen LogP contribution in [0.1, 0.15) is 0 Å². The first-order valence-electron chi connectivity index (χ1n) is 18.0. The van der Waals surface area contributed by atoms with Crippen molar-refractivity contribution in [2.75, 3.05) is 0 Å². The summed E-state index contributed by atoms with van der Waals surface area (Å²) in [4.78, 5) is 10.2. The Labute approximate surface area is 310 Å². The van der Waals surface area contributed by atoms with Crippen molar-refractivity contribution in [1.29, 1.82) is 0 Å². The standard InChI is InChI=1S/C50H30N2S/c1-2-14-31(15-3-1)48-40-24-8-10-26-44(40)51-50(52-48)35-19-13-17-33(29-35)32-16-12-18-34(28-32)42-30-43-38-22-5-4-20-36(38)37-21-6-7-23-39(37)46(43)49-47(42)41-25-9-11-27-45(41)53-49/h1-30H. The molecule has 0 aliphatic heterocycles. The molecule has 2 heterocycles. The van der Waals surface area contributed by atoms with Crippen LogP contribution < -0.4 is 0 Å². The summed E-state index contributed by atoms with van der Waals surface area (Å²) < 4.78 is 2.65. The number of para-hydroxylation sites is 1. The minimum absolute atomic E-state index is 0.723. The fraction of sp³-hybridized carbons (Fsp3) is 0. The molecule has 0 bridgehead atoms. The van der Waals surface area contributed by atoms with Crippen LogP contribution >= 0.6 is 11.3 Å². The Hall–Kier alpha value is -6.68. The van der Waals surface area contributed by atoms with Crippen molar-refractivity contribution in [3.63, 3.8) is 0 Å². The molecule has 3 heteroatoms. The minimum Gasteiger partial charge on any atom is -0.228 e. The van der Waals surface area contributed by atoms with Gasteiger partial charge in [0.1, 0.15) is 0 Å². The number of fused-ring (bicyclic) bond motifs is 11. The van der Waals surface area contributed by atoms with Crippen LogP contribution in [0.4, 0.5) is 0 Å². The van der Waals surface area contributed by atoms with Gasteiger partial charge in [-0.15, -0.1) is 11.3 Å². The van der Waals surface area contributed by atoms with Crippen LogP contribution in [-0.4, -0.2) is 9.97 Å². The van der Waals surface area contributed by atoms with Crippen molar-refractivity contribution in [2.45, 2.75) is 0 Å². The van der Waals surface area contributed by atoms with Gasteiger partial charge in [0, 0.05) is 42.1 Å². The molecule has 0 aliphatic rings. The van der Waals surface area contributed by atoms with Gasteiger partial charge in [0.2, 0.25) is 0 Å². The van der Waals surface area contributed by atoms with Gasteiger partial charge in [0.25, 0.3) is 0 Å². The lowest BCUT2D eigenvalue weighted by atomic mass is 9.89. The van der Waals surface area contributed by atoms with Crippen LogP contribution in [0, 0.1) is 0 Å². The molecule has 53 heavy (non-hydrogen) atoms. The Balaban J connectivity index is 1.12. The predicted octanol–water partition coefficient (Wildman–Crippen LogP) is 14.1. The molecule has 0 atom stereocenters. The van der Waals surface area contributed by atoms with Crippen LogP contribution in [0.3, 0.4) is 0 Å². The lowest BCUT2D eigenvalue weighted by molar-refractivity contribution is 1.23. The van der Waals surface area contributed by atoms with Crippen molar-refractivity contribution in [3.05, 3.63) is 182 Å². The highest BCUT2D eigenvalue weighted by molar-refractivity contribution is 7.27. The third-order valence-electron chi connectivity index (χ3n) is 10.6. The second kappa shape index (κ2) is 11.9. The molecule has 2 nitrogen and oxygen atoms in total. The van der Waals surface area contributed by atoms with Crippen molar-refractivity contribution >= 4 is 74.7 Å². The molecule has 0 amide bonds. The fourth-order valence-corrected chi connectivity index (χ4v) is 9.51. The lowest BCUT2D eigenvalue weighted by Gasteiger charge is -2.15. The zero-order chi connectivity index (χ0) is 34.9. The number of hydrogen-bond donors (Lipinski definition) is 0. The second-order valence-corrected chi connectivity index (χ2v) is 14.7. The van der Waals surface area contributed by atoms with E-state index >= 15 is 0 Å². The quantitative estimate of drug-likeness (QED) is 0.172. The Morgan fingerprint density at radius 3 is 1.66 bits per heavy atom. The molecule has 0 fully saturated rings. The molecule has 11 rings (SSSR count). The number of rotatable bonds is 4. The molecule has 0 unspecified atom stereocenters. The van der Waals surface area contributed by atoms with E-state index in [4.69, 9.17) is 9.97 Å². The summed E-state index contributed by atoms with van der Waals surface area (Å²) in [5.41, 5.74) is 8.71. The lowest BCUT2D eigenvalue weighted by Crippen LogP contribution is -1.95. The second-order valence-electron chi connectivity index (χ2n) is 13.7. The number of thiophene rings is 1. The Bertz CT molecular complexity index is 3230. The Kier molecular flexibility index (Phi) is 6.76. The van der Waals surface area contributed by atoms with E-state index in [-0.39, 0.29) is 0 Å². The van der Waals surface area contributed by atoms with Crippen LogP contribution in [0.25, 0.3) is 108 Å². The molecule has 0 spiro atoms. The van der Waals surface area contributed by atoms with Gasteiger partial charge in [-0.25, -0.2) is 9.97 Å². The Morgan fingerprint density at radius 2 is 0.887 bits per heavy atom. The van der Waals surface area contributed by atoms with E-state index in [1.807, 2.05) is 23.5 Å². The first-order valence-corrected chi connectivity index (χ1v) is 18.8. The maximum absolute atomic E-state index is 5.16. The molecule has 2 aromatic heterocycles. The van der Waals surface area contributed by atoms with Crippen molar-refractivity contribution in [3.8, 4) is 44.9 Å². The van der Waals surface area contributed by atoms with Crippen LogP contribution in [0.2, 0.25) is 0 Å². The van der Waals surface area contributed by atoms with Crippen molar-refractivity contribution < 1.29 is 0 Å². The van der Waals surface area contributed by atoms with Crippen molar-refractivity contribution in [1.82, 2.24) is 9.97 Å². The normalized spacial score (nSPS) is 11.8. The summed E-state index contributed by atoms with van der Waals surface area (Å²) >= 11 is 1.91. The highest BCUT2D eigenvalue weighted by Gasteiger charge is 2.19. The maximum Gasteiger partial charge on any atom is 0.160 e. The third-order valence-corrected chi connectivity index (χ3v) is 11.8. The van der Waals surface area contributed by atoms with E-state index in [1.54, 1.807) is 0 Å². The average Bonchev–Trinajstić information content (AvgIpc) is 3.63. The number of aromatic nitrogens is 2. The molecule has 0 aliphatic carbocycles. The van der Waals surface area contributed by atoms with Gasteiger partial charge in [-0.3, -0.25) is 0 Å². The molecule has 246 valence electrons. The van der Waals surface area contributed by atoms with Crippen LogP contribution in [0.15, 0.2) is 182 Å². The zero-order valence-corrected chi connectivity index (χ0v) is 29.4. The smallest absolute Gasteiger partial charge is 0.160 e. The SMILES string of the molecule is c1ccc(-c2nc(-c3cccc(-c4cccc(-c5cc6c7ccccc7c7ccccc7c6c6sc7ccccc7c56)c4)c3)nc3ccccc23)cc1. The van der Waals surface area contributed by atoms with Gasteiger partial charge >= 0.3 is 0 Å². The van der Waals surface area contributed by atoms with E-state index in [1.165, 1.54) is 63.6 Å². The molecular weight excluding hydrogens is 661 g/mol. The van der Waals surface area contributed by atoms with Gasteiger partial charge in [-0.2, -0.15) is 0 Å². The number of benzene rings is 9. The van der Waals surface area contributed by atoms with E-state index < -0.39 is 0 Å². The minimum atomic E-state index is 0.723. The maximum atomic E-state index is 5.16. The molecular formula is C50H30N2S. The zero-order valence-electron chi connectivity index (χ0n) is 28.6. The first-order chi connectivity index (χ1) is 26.3. The highest BCUT2D eigenvalue weighted by atomic mass is 32.1. The Morgan fingerprint density at radius 1 is 0.340 bits per heavy atom. The molecule has 0 saturated carbocycles. The molecule has 9 aromatic carbocycles. The molecule has 11 aromatic rings. The third kappa shape index (κ3) is 4.78. The summed E-state index contributed by atoms with van der Waals surface area (Å²) in [6.07, 6.45) is 0. The molecule has 0 N–H and O–H groups in total. The summed E-state index contributed by atoms with van der Waals surface area (Å²) in [6.45, 7) is 0. The monoisotopic (exact) mass is 690 g/mol. The van der Waals surface area contributed by atoms with Gasteiger partial charge in [-0.05, 0) is 79.5 Å². The summed E-state index contributed by atoms with van der Waals surface area (Å²) in [5, 5.41) is 11.5. The van der Waals surface area contributed by atoms with Crippen LogP contribution in [-0.2, 0) is 0 Å². The number of nitrogens with zero attached hydrogens (tertiary/aromatic N) is 2. The van der Waals surface area contributed by atoms with Gasteiger partial charge < -0.3 is 0 Å². The summed E-state index contributed by atoms with van der Waals surface area (Å²) in [6, 6.07) is 65.5. The first kappa shape index (κ1) is 30.0. The van der Waals surface area contributed by atoms with Gasteiger partial charge in [-0.1, -0.05) is 152 Å².